The SMILES string of the molecule is CC(=O)N1CCCc2cc(NC(=O)COc3ccc([N+](=O)[O-])cc3)ccc21. The molecule has 0 radical (unpaired) electrons. The van der Waals surface area contributed by atoms with Gasteiger partial charge in [0.25, 0.3) is 11.6 Å². The Morgan fingerprint density at radius 3 is 2.63 bits per heavy atom. The lowest BCUT2D eigenvalue weighted by molar-refractivity contribution is -0.384. The van der Waals surface area contributed by atoms with Gasteiger partial charge in [0.1, 0.15) is 5.75 Å². The molecule has 27 heavy (non-hydrogen) atoms. The fraction of sp³-hybridized carbons (Fsp3) is 0.263. The third-order valence-corrected chi connectivity index (χ3v) is 4.28. The van der Waals surface area contributed by atoms with Gasteiger partial charge in [0.05, 0.1) is 4.92 Å². The largest absolute Gasteiger partial charge is 0.484 e. The van der Waals surface area contributed by atoms with E-state index in [-0.39, 0.29) is 24.1 Å². The highest BCUT2D eigenvalue weighted by molar-refractivity contribution is 5.95. The second kappa shape index (κ2) is 7.86. The minimum atomic E-state index is -0.500. The summed E-state index contributed by atoms with van der Waals surface area (Å²) < 4.78 is 5.35. The minimum absolute atomic E-state index is 0.00392. The van der Waals surface area contributed by atoms with E-state index in [1.54, 1.807) is 17.9 Å². The van der Waals surface area contributed by atoms with E-state index < -0.39 is 4.92 Å². The Morgan fingerprint density at radius 2 is 1.96 bits per heavy atom. The third kappa shape index (κ3) is 4.41. The Labute approximate surface area is 155 Å². The molecule has 1 N–H and O–H groups in total. The van der Waals surface area contributed by atoms with Gasteiger partial charge in [0.15, 0.2) is 6.61 Å². The number of non-ortho nitro benzene ring substituents is 1. The molecule has 0 atom stereocenters. The highest BCUT2D eigenvalue weighted by Crippen LogP contribution is 2.29. The summed E-state index contributed by atoms with van der Waals surface area (Å²) in [6.45, 7) is 2.03. The summed E-state index contributed by atoms with van der Waals surface area (Å²) in [7, 11) is 0. The van der Waals surface area contributed by atoms with Crippen LogP contribution in [-0.2, 0) is 16.0 Å². The summed E-state index contributed by atoms with van der Waals surface area (Å²) in [6.07, 6.45) is 1.73. The zero-order valence-corrected chi connectivity index (χ0v) is 14.8. The Bertz CT molecular complexity index is 879. The predicted octanol–water partition coefficient (Wildman–Crippen LogP) is 2.91. The van der Waals surface area contributed by atoms with Crippen molar-refractivity contribution in [2.45, 2.75) is 19.8 Å². The smallest absolute Gasteiger partial charge is 0.269 e. The Kier molecular flexibility index (Phi) is 5.35. The van der Waals surface area contributed by atoms with Gasteiger partial charge < -0.3 is 15.0 Å². The average molecular weight is 369 g/mol. The first-order valence-electron chi connectivity index (χ1n) is 8.52. The highest BCUT2D eigenvalue weighted by Gasteiger charge is 2.20. The molecule has 3 rings (SSSR count). The van der Waals surface area contributed by atoms with Crippen LogP contribution in [0.5, 0.6) is 5.75 Å². The Balaban J connectivity index is 1.59. The number of fused-ring (bicyclic) bond motifs is 1. The van der Waals surface area contributed by atoms with Crippen molar-refractivity contribution in [2.24, 2.45) is 0 Å². The van der Waals surface area contributed by atoms with Crippen molar-refractivity contribution in [2.75, 3.05) is 23.4 Å². The average Bonchev–Trinajstić information content (AvgIpc) is 2.66. The van der Waals surface area contributed by atoms with Crippen molar-refractivity contribution in [1.29, 1.82) is 0 Å². The van der Waals surface area contributed by atoms with Crippen molar-refractivity contribution < 1.29 is 19.2 Å². The number of nitro benzene ring substituents is 1. The quantitative estimate of drug-likeness (QED) is 0.645. The molecule has 1 heterocycles. The molecule has 0 fully saturated rings. The summed E-state index contributed by atoms with van der Waals surface area (Å²) in [5.74, 6) is 0.0371. The first kappa shape index (κ1) is 18.4. The molecule has 1 aliphatic rings. The second-order valence-corrected chi connectivity index (χ2v) is 6.21. The number of aryl methyl sites for hydroxylation is 1. The summed E-state index contributed by atoms with van der Waals surface area (Å²) in [4.78, 5) is 35.7. The van der Waals surface area contributed by atoms with Gasteiger partial charge in [0, 0.05) is 37.0 Å². The Morgan fingerprint density at radius 1 is 1.22 bits per heavy atom. The maximum Gasteiger partial charge on any atom is 0.269 e. The van der Waals surface area contributed by atoms with E-state index in [1.165, 1.54) is 24.3 Å². The van der Waals surface area contributed by atoms with Gasteiger partial charge >= 0.3 is 0 Å². The van der Waals surface area contributed by atoms with Gasteiger partial charge in [0.2, 0.25) is 5.91 Å². The van der Waals surface area contributed by atoms with Crippen molar-refractivity contribution in [1.82, 2.24) is 0 Å². The van der Waals surface area contributed by atoms with Crippen LogP contribution in [-0.4, -0.2) is 29.9 Å². The number of carbonyl (C=O) groups is 2. The summed E-state index contributed by atoms with van der Waals surface area (Å²) in [6, 6.07) is 11.0. The zero-order chi connectivity index (χ0) is 19.4. The molecule has 1 aliphatic heterocycles. The number of anilines is 2. The topological polar surface area (TPSA) is 102 Å². The fourth-order valence-corrected chi connectivity index (χ4v) is 3.01. The van der Waals surface area contributed by atoms with E-state index in [2.05, 4.69) is 5.32 Å². The molecule has 2 aromatic rings. The summed E-state index contributed by atoms with van der Waals surface area (Å²) >= 11 is 0. The number of hydrogen-bond acceptors (Lipinski definition) is 5. The molecular formula is C19H19N3O5. The van der Waals surface area contributed by atoms with Gasteiger partial charge in [-0.05, 0) is 48.7 Å². The van der Waals surface area contributed by atoms with E-state index in [0.29, 0.717) is 18.0 Å². The number of benzene rings is 2. The number of amides is 2. The van der Waals surface area contributed by atoms with Crippen LogP contribution in [0.15, 0.2) is 42.5 Å². The van der Waals surface area contributed by atoms with Gasteiger partial charge in [-0.3, -0.25) is 19.7 Å². The lowest BCUT2D eigenvalue weighted by Gasteiger charge is -2.29. The van der Waals surface area contributed by atoms with Crippen molar-refractivity contribution in [3.63, 3.8) is 0 Å². The third-order valence-electron chi connectivity index (χ3n) is 4.28. The van der Waals surface area contributed by atoms with Crippen LogP contribution < -0.4 is 15.0 Å². The molecule has 8 heteroatoms. The number of nitrogens with one attached hydrogen (secondary N) is 1. The van der Waals surface area contributed by atoms with E-state index >= 15 is 0 Å². The van der Waals surface area contributed by atoms with Crippen molar-refractivity contribution >= 4 is 28.9 Å². The monoisotopic (exact) mass is 369 g/mol. The molecule has 0 bridgehead atoms. The summed E-state index contributed by atoms with van der Waals surface area (Å²) in [5.41, 5.74) is 2.50. The molecule has 0 saturated carbocycles. The Hall–Kier alpha value is -3.42. The van der Waals surface area contributed by atoms with Gasteiger partial charge in [-0.2, -0.15) is 0 Å². The summed E-state index contributed by atoms with van der Waals surface area (Å²) in [5, 5.41) is 13.4. The second-order valence-electron chi connectivity index (χ2n) is 6.21. The normalized spacial score (nSPS) is 12.9. The first-order valence-corrected chi connectivity index (χ1v) is 8.52. The van der Waals surface area contributed by atoms with Crippen molar-refractivity contribution in [3.8, 4) is 5.75 Å². The van der Waals surface area contributed by atoms with Crippen LogP contribution in [0.2, 0.25) is 0 Å². The van der Waals surface area contributed by atoms with Crippen molar-refractivity contribution in [3.05, 3.63) is 58.1 Å². The predicted molar refractivity (Wildman–Crippen MR) is 100 cm³/mol. The molecule has 0 saturated heterocycles. The van der Waals surface area contributed by atoms with E-state index in [9.17, 15) is 19.7 Å². The molecule has 2 aromatic carbocycles. The maximum absolute atomic E-state index is 12.1. The van der Waals surface area contributed by atoms with E-state index in [4.69, 9.17) is 4.74 Å². The highest BCUT2D eigenvalue weighted by atomic mass is 16.6. The fourth-order valence-electron chi connectivity index (χ4n) is 3.01. The molecule has 0 aliphatic carbocycles. The van der Waals surface area contributed by atoms with Crippen LogP contribution >= 0.6 is 0 Å². The van der Waals surface area contributed by atoms with Crippen LogP contribution in [0, 0.1) is 10.1 Å². The maximum atomic E-state index is 12.1. The van der Waals surface area contributed by atoms with Crippen LogP contribution in [0.3, 0.4) is 0 Å². The van der Waals surface area contributed by atoms with Gasteiger partial charge in [-0.25, -0.2) is 0 Å². The van der Waals surface area contributed by atoms with Gasteiger partial charge in [-0.15, -0.1) is 0 Å². The van der Waals surface area contributed by atoms with E-state index in [0.717, 1.165) is 24.1 Å². The molecule has 2 amide bonds. The molecule has 0 aromatic heterocycles. The number of nitrogens with zero attached hydrogens (tertiary/aromatic N) is 2. The van der Waals surface area contributed by atoms with Crippen LogP contribution in [0.25, 0.3) is 0 Å². The first-order chi connectivity index (χ1) is 12.9. The number of rotatable bonds is 5. The zero-order valence-electron chi connectivity index (χ0n) is 14.8. The number of nitro groups is 1. The lowest BCUT2D eigenvalue weighted by atomic mass is 10.0. The molecule has 8 nitrogen and oxygen atoms in total. The number of carbonyl (C=O) groups excluding carboxylic acids is 2. The lowest BCUT2D eigenvalue weighted by Crippen LogP contribution is -2.33. The standard InChI is InChI=1S/C19H19N3O5/c1-13(23)21-10-2-3-14-11-15(4-9-18(14)21)20-19(24)12-27-17-7-5-16(6-8-17)22(25)26/h4-9,11H,2-3,10,12H2,1H3,(H,20,24). The number of ether oxygens (including phenoxy) is 1. The molecular weight excluding hydrogens is 350 g/mol. The molecule has 0 unspecified atom stereocenters. The molecule has 140 valence electrons. The van der Waals surface area contributed by atoms with Crippen LogP contribution in [0.4, 0.5) is 17.1 Å². The van der Waals surface area contributed by atoms with Gasteiger partial charge in [-0.1, -0.05) is 0 Å². The molecule has 0 spiro atoms. The number of hydrogen-bond donors (Lipinski definition) is 1. The van der Waals surface area contributed by atoms with E-state index in [1.807, 2.05) is 12.1 Å². The minimum Gasteiger partial charge on any atom is -0.484 e. The van der Waals surface area contributed by atoms with Crippen LogP contribution in [0.1, 0.15) is 18.9 Å².